The molecular formula is C10H8BrN3O3. The van der Waals surface area contributed by atoms with E-state index in [4.69, 9.17) is 5.11 Å². The number of fused-ring (bicyclic) bond motifs is 1. The molecule has 17 heavy (non-hydrogen) atoms. The molecule has 0 saturated heterocycles. The van der Waals surface area contributed by atoms with Gasteiger partial charge in [0.25, 0.3) is 0 Å². The number of oxime groups is 1. The van der Waals surface area contributed by atoms with E-state index in [9.17, 15) is 4.79 Å². The minimum atomic E-state index is -1.19. The molecule has 0 spiro atoms. The Morgan fingerprint density at radius 2 is 2.29 bits per heavy atom. The molecule has 0 saturated carbocycles. The first-order valence-corrected chi connectivity index (χ1v) is 5.40. The van der Waals surface area contributed by atoms with E-state index in [0.29, 0.717) is 5.65 Å². The molecule has 2 aromatic rings. The summed E-state index contributed by atoms with van der Waals surface area (Å²) < 4.78 is 2.57. The Labute approximate surface area is 105 Å². The van der Waals surface area contributed by atoms with Crippen LogP contribution < -0.4 is 0 Å². The monoisotopic (exact) mass is 297 g/mol. The molecule has 0 unspecified atom stereocenters. The zero-order chi connectivity index (χ0) is 12.4. The lowest BCUT2D eigenvalue weighted by atomic mass is 10.3. The number of halogens is 1. The van der Waals surface area contributed by atoms with Gasteiger partial charge in [-0.1, -0.05) is 5.16 Å². The van der Waals surface area contributed by atoms with Crippen molar-refractivity contribution < 1.29 is 14.7 Å². The van der Waals surface area contributed by atoms with E-state index in [1.54, 1.807) is 22.9 Å². The summed E-state index contributed by atoms with van der Waals surface area (Å²) >= 11 is 3.32. The lowest BCUT2D eigenvalue weighted by molar-refractivity contribution is -0.129. The summed E-state index contributed by atoms with van der Waals surface area (Å²) in [5, 5.41) is 12.4. The average Bonchev–Trinajstić information content (AvgIpc) is 2.67. The highest BCUT2D eigenvalue weighted by molar-refractivity contribution is 9.10. The summed E-state index contributed by atoms with van der Waals surface area (Å²) in [5.41, 5.74) is 0.651. The lowest BCUT2D eigenvalue weighted by Crippen LogP contribution is -2.15. The third-order valence-electron chi connectivity index (χ3n) is 2.04. The summed E-state index contributed by atoms with van der Waals surface area (Å²) in [4.78, 5) is 19.6. The minimum absolute atomic E-state index is 0.229. The molecule has 88 valence electrons. The molecule has 1 N–H and O–H groups in total. The number of aromatic nitrogens is 2. The normalized spacial score (nSPS) is 11.8. The fourth-order valence-electron chi connectivity index (χ4n) is 1.37. The van der Waals surface area contributed by atoms with Crippen LogP contribution in [0.25, 0.3) is 5.65 Å². The number of rotatable bonds is 3. The van der Waals surface area contributed by atoms with Crippen LogP contribution in [0.2, 0.25) is 0 Å². The van der Waals surface area contributed by atoms with Crippen molar-refractivity contribution in [1.29, 1.82) is 0 Å². The van der Waals surface area contributed by atoms with E-state index >= 15 is 0 Å². The highest BCUT2D eigenvalue weighted by Crippen LogP contribution is 2.13. The van der Waals surface area contributed by atoms with Gasteiger partial charge >= 0.3 is 5.97 Å². The first-order valence-electron chi connectivity index (χ1n) is 4.61. The second-order valence-corrected chi connectivity index (χ2v) is 4.08. The van der Waals surface area contributed by atoms with Gasteiger partial charge in [-0.3, -0.25) is 0 Å². The number of hydrogen-bond donors (Lipinski definition) is 1. The van der Waals surface area contributed by atoms with E-state index in [-0.39, 0.29) is 11.4 Å². The SMILES string of the molecule is CO/N=C(\C(=O)O)c1cn2cc(Br)ccc2n1. The van der Waals surface area contributed by atoms with Crippen LogP contribution in [0.15, 0.2) is 34.2 Å². The van der Waals surface area contributed by atoms with Gasteiger partial charge < -0.3 is 14.3 Å². The molecule has 0 aromatic carbocycles. The number of nitrogens with zero attached hydrogens (tertiary/aromatic N) is 3. The Morgan fingerprint density at radius 1 is 1.53 bits per heavy atom. The predicted octanol–water partition coefficient (Wildman–Crippen LogP) is 1.53. The van der Waals surface area contributed by atoms with Crippen molar-refractivity contribution in [2.75, 3.05) is 7.11 Å². The highest BCUT2D eigenvalue weighted by Gasteiger charge is 2.17. The summed E-state index contributed by atoms with van der Waals surface area (Å²) in [5.74, 6) is -1.19. The predicted molar refractivity (Wildman–Crippen MR) is 64.1 cm³/mol. The number of pyridine rings is 1. The number of carboxylic acids is 1. The van der Waals surface area contributed by atoms with Crippen LogP contribution in [0.5, 0.6) is 0 Å². The van der Waals surface area contributed by atoms with Crippen LogP contribution in [0.1, 0.15) is 5.69 Å². The topological polar surface area (TPSA) is 76.2 Å². The number of carboxylic acid groups (broad SMARTS) is 1. The molecule has 2 rings (SSSR count). The van der Waals surface area contributed by atoms with Gasteiger partial charge in [-0.15, -0.1) is 0 Å². The molecule has 0 bridgehead atoms. The van der Waals surface area contributed by atoms with E-state index in [1.807, 2.05) is 6.07 Å². The van der Waals surface area contributed by atoms with Gasteiger partial charge in [-0.05, 0) is 28.1 Å². The molecule has 6 nitrogen and oxygen atoms in total. The maximum absolute atomic E-state index is 11.0. The van der Waals surface area contributed by atoms with E-state index in [1.165, 1.54) is 7.11 Å². The molecule has 2 heterocycles. The smallest absolute Gasteiger partial charge is 0.360 e. The third-order valence-corrected chi connectivity index (χ3v) is 2.51. The van der Waals surface area contributed by atoms with Crippen LogP contribution in [-0.4, -0.2) is 33.3 Å². The number of aliphatic carboxylic acids is 1. The molecule has 0 fully saturated rings. The lowest BCUT2D eigenvalue weighted by Gasteiger charge is -1.94. The summed E-state index contributed by atoms with van der Waals surface area (Å²) in [7, 11) is 1.29. The maximum Gasteiger partial charge on any atom is 0.360 e. The largest absolute Gasteiger partial charge is 0.476 e. The molecule has 7 heteroatoms. The first kappa shape index (κ1) is 11.6. The Balaban J connectivity index is 2.55. The molecular weight excluding hydrogens is 290 g/mol. The molecule has 0 atom stereocenters. The fraction of sp³-hybridized carbons (Fsp3) is 0.100. The molecule has 0 aliphatic heterocycles. The summed E-state index contributed by atoms with van der Waals surface area (Å²) in [6.07, 6.45) is 3.35. The average molecular weight is 298 g/mol. The highest BCUT2D eigenvalue weighted by atomic mass is 79.9. The van der Waals surface area contributed by atoms with Crippen LogP contribution in [0, 0.1) is 0 Å². The maximum atomic E-state index is 11.0. The zero-order valence-electron chi connectivity index (χ0n) is 8.79. The molecule has 0 amide bonds. The quantitative estimate of drug-likeness (QED) is 0.688. The van der Waals surface area contributed by atoms with Gasteiger partial charge in [0.2, 0.25) is 5.71 Å². The molecule has 0 radical (unpaired) electrons. The number of imidazole rings is 1. The van der Waals surface area contributed by atoms with Crippen molar-refractivity contribution in [3.8, 4) is 0 Å². The minimum Gasteiger partial charge on any atom is -0.476 e. The van der Waals surface area contributed by atoms with Gasteiger partial charge in [0.15, 0.2) is 0 Å². The number of carbonyl (C=O) groups is 1. The van der Waals surface area contributed by atoms with Crippen LogP contribution >= 0.6 is 15.9 Å². The van der Waals surface area contributed by atoms with E-state index in [2.05, 4.69) is 30.9 Å². The fourth-order valence-corrected chi connectivity index (χ4v) is 1.72. The molecule has 2 aromatic heterocycles. The van der Waals surface area contributed by atoms with Gasteiger partial charge in [0, 0.05) is 16.9 Å². The summed E-state index contributed by atoms with van der Waals surface area (Å²) in [6, 6.07) is 3.58. The van der Waals surface area contributed by atoms with Crippen LogP contribution in [0.3, 0.4) is 0 Å². The first-order chi connectivity index (χ1) is 8.11. The Morgan fingerprint density at radius 3 is 2.94 bits per heavy atom. The van der Waals surface area contributed by atoms with Gasteiger partial charge in [0.1, 0.15) is 18.5 Å². The number of hydrogen-bond acceptors (Lipinski definition) is 4. The van der Waals surface area contributed by atoms with E-state index in [0.717, 1.165) is 4.47 Å². The van der Waals surface area contributed by atoms with Crippen molar-refractivity contribution in [1.82, 2.24) is 9.38 Å². The second-order valence-electron chi connectivity index (χ2n) is 3.17. The van der Waals surface area contributed by atoms with Crippen molar-refractivity contribution in [2.45, 2.75) is 0 Å². The van der Waals surface area contributed by atoms with Crippen molar-refractivity contribution in [3.05, 3.63) is 34.7 Å². The Bertz CT molecular complexity index is 606. The van der Waals surface area contributed by atoms with Crippen LogP contribution in [0.4, 0.5) is 0 Å². The van der Waals surface area contributed by atoms with Crippen molar-refractivity contribution in [3.63, 3.8) is 0 Å². The van der Waals surface area contributed by atoms with Gasteiger partial charge in [0.05, 0.1) is 0 Å². The van der Waals surface area contributed by atoms with Gasteiger partial charge in [-0.2, -0.15) is 0 Å². The zero-order valence-corrected chi connectivity index (χ0v) is 10.4. The standard InChI is InChI=1S/C10H8BrN3O3/c1-17-13-9(10(15)16)7-5-14-4-6(11)2-3-8(14)12-7/h2-5H,1H3,(H,15,16)/b13-9-. The molecule has 0 aliphatic carbocycles. The van der Waals surface area contributed by atoms with Crippen molar-refractivity contribution in [2.24, 2.45) is 5.16 Å². The second kappa shape index (κ2) is 4.54. The van der Waals surface area contributed by atoms with E-state index < -0.39 is 5.97 Å². The van der Waals surface area contributed by atoms with Crippen molar-refractivity contribution >= 4 is 33.3 Å². The molecule has 0 aliphatic rings. The third kappa shape index (κ3) is 2.28. The van der Waals surface area contributed by atoms with Crippen LogP contribution in [-0.2, 0) is 9.63 Å². The summed E-state index contributed by atoms with van der Waals surface area (Å²) in [6.45, 7) is 0. The Hall–Kier alpha value is -1.89. The Kier molecular flexibility index (Phi) is 3.10. The van der Waals surface area contributed by atoms with Gasteiger partial charge in [-0.25, -0.2) is 9.78 Å².